The fourth-order valence-corrected chi connectivity index (χ4v) is 2.90. The average Bonchev–Trinajstić information content (AvgIpc) is 3.07. The van der Waals surface area contributed by atoms with E-state index in [2.05, 4.69) is 15.4 Å². The minimum atomic E-state index is -4.64. The quantitative estimate of drug-likeness (QED) is 0.674. The van der Waals surface area contributed by atoms with Gasteiger partial charge in [0.25, 0.3) is 5.91 Å². The number of fused-ring (bicyclic) bond motifs is 1. The van der Waals surface area contributed by atoms with E-state index in [4.69, 9.17) is 9.47 Å². The van der Waals surface area contributed by atoms with E-state index in [9.17, 15) is 18.0 Å². The van der Waals surface area contributed by atoms with Gasteiger partial charge in [0, 0.05) is 23.7 Å². The second kappa shape index (κ2) is 7.60. The maximum Gasteiger partial charge on any atom is 0.433 e. The number of hydrogen-bond donors (Lipinski definition) is 1. The highest BCUT2D eigenvalue weighted by Gasteiger charge is 2.33. The molecule has 1 N–H and O–H groups in total. The number of ether oxygens (including phenoxy) is 2. The standard InChI is InChI=1S/C20H19F3N4O3/c1-11(2)27-8-12-6-16(17(7-15(12)26-27)30-13-9-29-10-13)25-19(28)14-4-3-5-18(24-14)20(21,22)23/h3-8,11,13H,9-10H2,1-2H3,(H,25,28). The van der Waals surface area contributed by atoms with E-state index >= 15 is 0 Å². The van der Waals surface area contributed by atoms with Gasteiger partial charge in [-0.25, -0.2) is 4.98 Å². The molecule has 3 aromatic rings. The van der Waals surface area contributed by atoms with Gasteiger partial charge in [0.1, 0.15) is 23.2 Å². The van der Waals surface area contributed by atoms with Crippen molar-refractivity contribution in [3.05, 3.63) is 47.9 Å². The van der Waals surface area contributed by atoms with Crippen LogP contribution in [0.3, 0.4) is 0 Å². The number of pyridine rings is 1. The molecule has 0 aliphatic carbocycles. The van der Waals surface area contributed by atoms with Crippen LogP contribution in [0.25, 0.3) is 10.9 Å². The van der Waals surface area contributed by atoms with Crippen molar-refractivity contribution in [1.29, 1.82) is 0 Å². The van der Waals surface area contributed by atoms with Gasteiger partial charge in [-0.15, -0.1) is 0 Å². The van der Waals surface area contributed by atoms with Crippen LogP contribution in [-0.4, -0.2) is 40.0 Å². The maximum atomic E-state index is 12.9. The van der Waals surface area contributed by atoms with Crippen molar-refractivity contribution in [3.63, 3.8) is 0 Å². The normalized spacial score (nSPS) is 14.7. The van der Waals surface area contributed by atoms with Crippen LogP contribution in [-0.2, 0) is 10.9 Å². The Morgan fingerprint density at radius 2 is 2.07 bits per heavy atom. The van der Waals surface area contributed by atoms with Crippen LogP contribution in [0, 0.1) is 0 Å². The number of nitrogens with zero attached hydrogens (tertiary/aromatic N) is 3. The van der Waals surface area contributed by atoms with Crippen LogP contribution in [0.5, 0.6) is 5.75 Å². The van der Waals surface area contributed by atoms with E-state index in [1.165, 1.54) is 6.07 Å². The maximum absolute atomic E-state index is 12.9. The fourth-order valence-electron chi connectivity index (χ4n) is 2.90. The van der Waals surface area contributed by atoms with E-state index in [0.717, 1.165) is 17.5 Å². The number of anilines is 1. The molecule has 1 aliphatic rings. The van der Waals surface area contributed by atoms with Gasteiger partial charge < -0.3 is 14.8 Å². The summed E-state index contributed by atoms with van der Waals surface area (Å²) in [4.78, 5) is 16.1. The zero-order chi connectivity index (χ0) is 21.5. The van der Waals surface area contributed by atoms with E-state index in [0.29, 0.717) is 30.2 Å². The number of halogens is 3. The third-order valence-electron chi connectivity index (χ3n) is 4.57. The number of aromatic nitrogens is 3. The summed E-state index contributed by atoms with van der Waals surface area (Å²) in [5.74, 6) is -0.406. The molecule has 3 heterocycles. The van der Waals surface area contributed by atoms with Crippen molar-refractivity contribution in [1.82, 2.24) is 14.8 Å². The zero-order valence-corrected chi connectivity index (χ0v) is 16.2. The van der Waals surface area contributed by atoms with Crippen molar-refractivity contribution in [2.45, 2.75) is 32.2 Å². The molecule has 1 saturated heterocycles. The van der Waals surface area contributed by atoms with Gasteiger partial charge in [0.15, 0.2) is 0 Å². The number of carbonyl (C=O) groups excluding carboxylic acids is 1. The number of alkyl halides is 3. The molecule has 0 bridgehead atoms. The predicted octanol–water partition coefficient (Wildman–Crippen LogP) is 4.06. The zero-order valence-electron chi connectivity index (χ0n) is 16.2. The lowest BCUT2D eigenvalue weighted by molar-refractivity contribution is -0.141. The van der Waals surface area contributed by atoms with Gasteiger partial charge in [0.05, 0.1) is 24.4 Å². The van der Waals surface area contributed by atoms with E-state index in [1.54, 1.807) is 16.8 Å². The Morgan fingerprint density at radius 3 is 2.70 bits per heavy atom. The number of nitrogens with one attached hydrogen (secondary N) is 1. The van der Waals surface area contributed by atoms with Gasteiger partial charge in [-0.2, -0.15) is 18.3 Å². The van der Waals surface area contributed by atoms with Crippen molar-refractivity contribution < 1.29 is 27.4 Å². The largest absolute Gasteiger partial charge is 0.483 e. The first-order valence-corrected chi connectivity index (χ1v) is 9.33. The van der Waals surface area contributed by atoms with Crippen LogP contribution >= 0.6 is 0 Å². The lowest BCUT2D eigenvalue weighted by Crippen LogP contribution is -2.38. The minimum Gasteiger partial charge on any atom is -0.483 e. The van der Waals surface area contributed by atoms with Crippen molar-refractivity contribution >= 4 is 22.5 Å². The van der Waals surface area contributed by atoms with Gasteiger partial charge in [-0.3, -0.25) is 9.48 Å². The molecule has 0 saturated carbocycles. The Labute approximate surface area is 169 Å². The molecule has 1 amide bonds. The average molecular weight is 420 g/mol. The molecular weight excluding hydrogens is 401 g/mol. The summed E-state index contributed by atoms with van der Waals surface area (Å²) in [6.45, 7) is 4.80. The van der Waals surface area contributed by atoms with Gasteiger partial charge >= 0.3 is 6.18 Å². The Bertz CT molecular complexity index is 1090. The van der Waals surface area contributed by atoms with Crippen molar-refractivity contribution in [2.24, 2.45) is 0 Å². The van der Waals surface area contributed by atoms with Crippen LogP contribution in [0.15, 0.2) is 36.5 Å². The summed E-state index contributed by atoms with van der Waals surface area (Å²) in [5, 5.41) is 7.87. The molecule has 10 heteroatoms. The first-order valence-electron chi connectivity index (χ1n) is 9.33. The van der Waals surface area contributed by atoms with Gasteiger partial charge in [-0.05, 0) is 32.0 Å². The lowest BCUT2D eigenvalue weighted by Gasteiger charge is -2.27. The summed E-state index contributed by atoms with van der Waals surface area (Å²) < 4.78 is 51.5. The number of amides is 1. The Balaban J connectivity index is 1.67. The number of hydrogen-bond acceptors (Lipinski definition) is 5. The molecular formula is C20H19F3N4O3. The third-order valence-corrected chi connectivity index (χ3v) is 4.57. The van der Waals surface area contributed by atoms with Crippen LogP contribution in [0.1, 0.15) is 36.1 Å². The molecule has 1 fully saturated rings. The van der Waals surface area contributed by atoms with Crippen LogP contribution in [0.4, 0.5) is 18.9 Å². The highest BCUT2D eigenvalue weighted by atomic mass is 19.4. The molecule has 4 rings (SSSR count). The molecule has 0 radical (unpaired) electrons. The van der Waals surface area contributed by atoms with Crippen molar-refractivity contribution in [2.75, 3.05) is 18.5 Å². The number of rotatable bonds is 5. The SMILES string of the molecule is CC(C)n1cc2cc(NC(=O)c3cccc(C(F)(F)F)n3)c(OC3COC3)cc2n1. The summed E-state index contributed by atoms with van der Waals surface area (Å²) in [5.41, 5.74) is -0.483. The molecule has 30 heavy (non-hydrogen) atoms. The molecule has 0 unspecified atom stereocenters. The first kappa shape index (κ1) is 20.1. The summed E-state index contributed by atoms with van der Waals surface area (Å²) in [7, 11) is 0. The molecule has 1 aliphatic heterocycles. The third kappa shape index (κ3) is 4.09. The Hall–Kier alpha value is -3.14. The summed E-state index contributed by atoms with van der Waals surface area (Å²) in [6, 6.07) is 6.69. The topological polar surface area (TPSA) is 78.3 Å². The molecule has 2 aromatic heterocycles. The molecule has 158 valence electrons. The van der Waals surface area contributed by atoms with E-state index in [1.807, 2.05) is 20.0 Å². The summed E-state index contributed by atoms with van der Waals surface area (Å²) >= 11 is 0. The van der Waals surface area contributed by atoms with Crippen LogP contribution < -0.4 is 10.1 Å². The summed E-state index contributed by atoms with van der Waals surface area (Å²) in [6.07, 6.45) is -2.98. The second-order valence-electron chi connectivity index (χ2n) is 7.25. The van der Waals surface area contributed by atoms with Crippen LogP contribution in [0.2, 0.25) is 0 Å². The minimum absolute atomic E-state index is 0.133. The highest BCUT2D eigenvalue weighted by Crippen LogP contribution is 2.33. The van der Waals surface area contributed by atoms with Gasteiger partial charge in [-0.1, -0.05) is 6.07 Å². The highest BCUT2D eigenvalue weighted by molar-refractivity contribution is 6.05. The van der Waals surface area contributed by atoms with Crippen molar-refractivity contribution in [3.8, 4) is 5.75 Å². The van der Waals surface area contributed by atoms with Gasteiger partial charge in [0.2, 0.25) is 0 Å². The fraction of sp³-hybridized carbons (Fsp3) is 0.350. The monoisotopic (exact) mass is 420 g/mol. The Morgan fingerprint density at radius 1 is 1.30 bits per heavy atom. The predicted molar refractivity (Wildman–Crippen MR) is 103 cm³/mol. The Kier molecular flexibility index (Phi) is 5.10. The first-order chi connectivity index (χ1) is 14.2. The van der Waals surface area contributed by atoms with E-state index in [-0.39, 0.29) is 17.8 Å². The lowest BCUT2D eigenvalue weighted by atomic mass is 10.2. The second-order valence-corrected chi connectivity index (χ2v) is 7.25. The number of carbonyl (C=O) groups is 1. The number of benzene rings is 1. The molecule has 0 spiro atoms. The smallest absolute Gasteiger partial charge is 0.433 e. The van der Waals surface area contributed by atoms with E-state index < -0.39 is 17.8 Å². The molecule has 0 atom stereocenters. The molecule has 1 aromatic carbocycles. The molecule has 7 nitrogen and oxygen atoms in total.